The van der Waals surface area contributed by atoms with Gasteiger partial charge in [-0.3, -0.25) is 4.98 Å². The fourth-order valence-electron chi connectivity index (χ4n) is 1.75. The van der Waals surface area contributed by atoms with Crippen molar-refractivity contribution in [1.82, 2.24) is 15.0 Å². The van der Waals surface area contributed by atoms with Crippen molar-refractivity contribution in [2.24, 2.45) is 0 Å². The summed E-state index contributed by atoms with van der Waals surface area (Å²) in [6, 6.07) is 5.96. The molecule has 0 atom stereocenters. The van der Waals surface area contributed by atoms with Crippen molar-refractivity contribution in [1.29, 1.82) is 0 Å². The Morgan fingerprint density at radius 2 is 2.21 bits per heavy atom. The highest BCUT2D eigenvalue weighted by Crippen LogP contribution is 2.14. The number of anilines is 2. The molecule has 5 heteroatoms. The van der Waals surface area contributed by atoms with Crippen molar-refractivity contribution >= 4 is 11.6 Å². The maximum Gasteiger partial charge on any atom is 0.134 e. The van der Waals surface area contributed by atoms with E-state index in [0.717, 1.165) is 36.7 Å². The Hall–Kier alpha value is -2.17. The van der Waals surface area contributed by atoms with E-state index in [-0.39, 0.29) is 0 Å². The molecule has 0 spiro atoms. The van der Waals surface area contributed by atoms with Crippen LogP contribution in [0.15, 0.2) is 36.9 Å². The van der Waals surface area contributed by atoms with E-state index < -0.39 is 0 Å². The van der Waals surface area contributed by atoms with Crippen molar-refractivity contribution in [3.8, 4) is 0 Å². The van der Waals surface area contributed by atoms with Gasteiger partial charge in [0.15, 0.2) is 0 Å². The molecule has 2 aromatic heterocycles. The number of hydrogen-bond donors (Lipinski definition) is 1. The van der Waals surface area contributed by atoms with Crippen LogP contribution in [-0.2, 0) is 6.54 Å². The molecule has 0 aromatic carbocycles. The Morgan fingerprint density at radius 3 is 2.95 bits per heavy atom. The first-order valence-electron chi connectivity index (χ1n) is 6.45. The number of aromatic nitrogens is 3. The van der Waals surface area contributed by atoms with Crippen LogP contribution in [0.3, 0.4) is 0 Å². The van der Waals surface area contributed by atoms with E-state index in [2.05, 4.69) is 38.2 Å². The molecule has 0 unspecified atom stereocenters. The van der Waals surface area contributed by atoms with Crippen LogP contribution in [0, 0.1) is 0 Å². The highest BCUT2D eigenvalue weighted by molar-refractivity contribution is 5.48. The molecular weight excluding hydrogens is 238 g/mol. The molecule has 0 aliphatic rings. The second kappa shape index (κ2) is 6.68. The van der Waals surface area contributed by atoms with Gasteiger partial charge >= 0.3 is 0 Å². The van der Waals surface area contributed by atoms with Gasteiger partial charge in [-0.1, -0.05) is 13.0 Å². The van der Waals surface area contributed by atoms with E-state index in [4.69, 9.17) is 0 Å². The van der Waals surface area contributed by atoms with Gasteiger partial charge in [0.25, 0.3) is 0 Å². The SMILES string of the molecule is CCCNc1cc(N(C)Cc2cccnc2)ncn1. The fraction of sp³-hybridized carbons (Fsp3) is 0.357. The van der Waals surface area contributed by atoms with E-state index >= 15 is 0 Å². The van der Waals surface area contributed by atoms with E-state index in [1.54, 1.807) is 12.5 Å². The summed E-state index contributed by atoms with van der Waals surface area (Å²) in [4.78, 5) is 14.7. The quantitative estimate of drug-likeness (QED) is 0.860. The van der Waals surface area contributed by atoms with E-state index in [0.29, 0.717) is 0 Å². The molecule has 2 heterocycles. The van der Waals surface area contributed by atoms with Gasteiger partial charge in [0.1, 0.15) is 18.0 Å². The molecule has 0 radical (unpaired) electrons. The first-order valence-corrected chi connectivity index (χ1v) is 6.45. The number of pyridine rings is 1. The Morgan fingerprint density at radius 1 is 1.32 bits per heavy atom. The average molecular weight is 257 g/mol. The number of hydrogen-bond acceptors (Lipinski definition) is 5. The molecule has 2 aromatic rings. The number of nitrogens with zero attached hydrogens (tertiary/aromatic N) is 4. The van der Waals surface area contributed by atoms with Gasteiger partial charge in [-0.05, 0) is 18.1 Å². The predicted molar refractivity (Wildman–Crippen MR) is 77.2 cm³/mol. The molecule has 0 saturated heterocycles. The lowest BCUT2D eigenvalue weighted by Crippen LogP contribution is -2.18. The van der Waals surface area contributed by atoms with Gasteiger partial charge in [-0.15, -0.1) is 0 Å². The first-order chi connectivity index (χ1) is 9.29. The molecule has 0 aliphatic carbocycles. The summed E-state index contributed by atoms with van der Waals surface area (Å²) in [5, 5.41) is 3.26. The summed E-state index contributed by atoms with van der Waals surface area (Å²) in [5.74, 6) is 1.77. The zero-order valence-electron chi connectivity index (χ0n) is 11.4. The van der Waals surface area contributed by atoms with Gasteiger partial charge in [-0.25, -0.2) is 9.97 Å². The highest BCUT2D eigenvalue weighted by Gasteiger charge is 2.05. The van der Waals surface area contributed by atoms with Gasteiger partial charge in [0, 0.05) is 38.6 Å². The third kappa shape index (κ3) is 3.91. The van der Waals surface area contributed by atoms with Crippen LogP contribution in [0.5, 0.6) is 0 Å². The largest absolute Gasteiger partial charge is 0.370 e. The van der Waals surface area contributed by atoms with Gasteiger partial charge in [-0.2, -0.15) is 0 Å². The zero-order chi connectivity index (χ0) is 13.5. The van der Waals surface area contributed by atoms with E-state index in [1.807, 2.05) is 25.4 Å². The minimum atomic E-state index is 0.776. The van der Waals surface area contributed by atoms with Crippen molar-refractivity contribution in [2.75, 3.05) is 23.8 Å². The van der Waals surface area contributed by atoms with Crippen molar-refractivity contribution in [2.45, 2.75) is 19.9 Å². The van der Waals surface area contributed by atoms with Gasteiger partial charge in [0.2, 0.25) is 0 Å². The van der Waals surface area contributed by atoms with Gasteiger partial charge < -0.3 is 10.2 Å². The third-order valence-corrected chi connectivity index (χ3v) is 2.74. The van der Waals surface area contributed by atoms with Crippen LogP contribution >= 0.6 is 0 Å². The summed E-state index contributed by atoms with van der Waals surface area (Å²) >= 11 is 0. The molecule has 19 heavy (non-hydrogen) atoms. The minimum absolute atomic E-state index is 0.776. The van der Waals surface area contributed by atoms with Crippen LogP contribution in [0.1, 0.15) is 18.9 Å². The zero-order valence-corrected chi connectivity index (χ0v) is 11.4. The molecule has 0 bridgehead atoms. The number of nitrogens with one attached hydrogen (secondary N) is 1. The second-order valence-electron chi connectivity index (χ2n) is 4.41. The maximum absolute atomic E-state index is 4.30. The highest BCUT2D eigenvalue weighted by atomic mass is 15.2. The monoisotopic (exact) mass is 257 g/mol. The lowest BCUT2D eigenvalue weighted by atomic mass is 10.3. The Bertz CT molecular complexity index is 500. The van der Waals surface area contributed by atoms with E-state index in [9.17, 15) is 0 Å². The first kappa shape index (κ1) is 13.3. The lowest BCUT2D eigenvalue weighted by Gasteiger charge is -2.18. The summed E-state index contributed by atoms with van der Waals surface area (Å²) in [6.07, 6.45) is 6.31. The molecule has 0 amide bonds. The van der Waals surface area contributed by atoms with Crippen LogP contribution in [-0.4, -0.2) is 28.5 Å². The summed E-state index contributed by atoms with van der Waals surface area (Å²) in [6.45, 7) is 3.82. The van der Waals surface area contributed by atoms with Crippen molar-refractivity contribution in [3.63, 3.8) is 0 Å². The van der Waals surface area contributed by atoms with Crippen molar-refractivity contribution in [3.05, 3.63) is 42.5 Å². The molecule has 0 fully saturated rings. The molecule has 2 rings (SSSR count). The lowest BCUT2D eigenvalue weighted by molar-refractivity contribution is 0.883. The van der Waals surface area contributed by atoms with Crippen LogP contribution in [0.25, 0.3) is 0 Å². The number of rotatable bonds is 6. The summed E-state index contributed by atoms with van der Waals surface area (Å²) < 4.78 is 0. The molecular formula is C14H19N5. The second-order valence-corrected chi connectivity index (χ2v) is 4.41. The molecule has 1 N–H and O–H groups in total. The molecule has 0 saturated carbocycles. The molecule has 5 nitrogen and oxygen atoms in total. The Kier molecular flexibility index (Phi) is 4.66. The van der Waals surface area contributed by atoms with Crippen LogP contribution < -0.4 is 10.2 Å². The maximum atomic E-state index is 4.30. The van der Waals surface area contributed by atoms with Crippen LogP contribution in [0.2, 0.25) is 0 Å². The third-order valence-electron chi connectivity index (χ3n) is 2.74. The Balaban J connectivity index is 2.04. The van der Waals surface area contributed by atoms with Crippen LogP contribution in [0.4, 0.5) is 11.6 Å². The molecule has 100 valence electrons. The normalized spacial score (nSPS) is 10.2. The fourth-order valence-corrected chi connectivity index (χ4v) is 1.75. The van der Waals surface area contributed by atoms with E-state index in [1.165, 1.54) is 0 Å². The average Bonchev–Trinajstić information content (AvgIpc) is 2.46. The molecule has 0 aliphatic heterocycles. The van der Waals surface area contributed by atoms with Gasteiger partial charge in [0.05, 0.1) is 0 Å². The summed E-state index contributed by atoms with van der Waals surface area (Å²) in [5.41, 5.74) is 1.16. The topological polar surface area (TPSA) is 53.9 Å². The Labute approximate surface area is 113 Å². The summed E-state index contributed by atoms with van der Waals surface area (Å²) in [7, 11) is 2.01. The minimum Gasteiger partial charge on any atom is -0.370 e. The smallest absolute Gasteiger partial charge is 0.134 e. The van der Waals surface area contributed by atoms with Crippen molar-refractivity contribution < 1.29 is 0 Å². The standard InChI is InChI=1S/C14H19N5/c1-3-6-16-13-8-14(18-11-17-13)19(2)10-12-5-4-7-15-9-12/h4-5,7-9,11H,3,6,10H2,1-2H3,(H,16,17,18). The predicted octanol–water partition coefficient (Wildman–Crippen LogP) is 2.33.